The number of rotatable bonds is 6. The van der Waals surface area contributed by atoms with E-state index < -0.39 is 24.1 Å². The summed E-state index contributed by atoms with van der Waals surface area (Å²) in [5.41, 5.74) is 2.62. The van der Waals surface area contributed by atoms with Crippen LogP contribution in [0.2, 0.25) is 0 Å². The number of carboxylic acid groups (broad SMARTS) is 2. The number of fused-ring (bicyclic) bond motifs is 1. The highest BCUT2D eigenvalue weighted by Crippen LogP contribution is 2.29. The quantitative estimate of drug-likeness (QED) is 0.460. The zero-order valence-corrected chi connectivity index (χ0v) is 18.8. The minimum absolute atomic E-state index is 0.168. The Labute approximate surface area is 195 Å². The zero-order chi connectivity index (χ0) is 24.8. The van der Waals surface area contributed by atoms with E-state index in [2.05, 4.69) is 22.1 Å². The molecule has 1 fully saturated rings. The van der Waals surface area contributed by atoms with Gasteiger partial charge in [-0.3, -0.25) is 9.69 Å². The van der Waals surface area contributed by atoms with Gasteiger partial charge in [-0.15, -0.1) is 0 Å². The van der Waals surface area contributed by atoms with Gasteiger partial charge in [0.25, 0.3) is 5.56 Å². The van der Waals surface area contributed by atoms with Crippen LogP contribution in [-0.4, -0.2) is 78.4 Å². The van der Waals surface area contributed by atoms with Crippen molar-refractivity contribution in [1.82, 2.24) is 14.7 Å². The number of aliphatic hydroxyl groups is 2. The summed E-state index contributed by atoms with van der Waals surface area (Å²) in [6.07, 6.45) is 3.33. The second-order valence-electron chi connectivity index (χ2n) is 8.37. The Morgan fingerprint density at radius 2 is 1.62 bits per heavy atom. The lowest BCUT2D eigenvalue weighted by atomic mass is 9.91. The Bertz CT molecular complexity index is 1060. The van der Waals surface area contributed by atoms with Crippen LogP contribution in [0.1, 0.15) is 30.4 Å². The van der Waals surface area contributed by atoms with Crippen molar-refractivity contribution in [1.29, 1.82) is 0 Å². The van der Waals surface area contributed by atoms with Crippen molar-refractivity contribution in [3.63, 3.8) is 0 Å². The number of aryl methyl sites for hydroxylation is 1. The predicted molar refractivity (Wildman–Crippen MR) is 120 cm³/mol. The van der Waals surface area contributed by atoms with Crippen molar-refractivity contribution >= 4 is 11.9 Å². The van der Waals surface area contributed by atoms with Gasteiger partial charge in [-0.25, -0.2) is 14.3 Å². The van der Waals surface area contributed by atoms with Crippen LogP contribution in [0.5, 0.6) is 11.5 Å². The van der Waals surface area contributed by atoms with E-state index in [0.717, 1.165) is 37.7 Å². The molecule has 0 spiro atoms. The van der Waals surface area contributed by atoms with Gasteiger partial charge in [0, 0.05) is 32.2 Å². The number of carbonyl (C=O) groups is 2. The highest BCUT2D eigenvalue weighted by molar-refractivity contribution is 5.83. The number of hydrogen-bond donors (Lipinski definition) is 4. The van der Waals surface area contributed by atoms with Gasteiger partial charge in [-0.05, 0) is 48.9 Å². The number of hydrogen-bond acceptors (Lipinski definition) is 8. The van der Waals surface area contributed by atoms with Crippen LogP contribution in [0.25, 0.3) is 0 Å². The highest BCUT2D eigenvalue weighted by atomic mass is 16.5. The topological polar surface area (TPSA) is 162 Å². The van der Waals surface area contributed by atoms with E-state index in [0.29, 0.717) is 5.75 Å². The molecule has 2 atom stereocenters. The molecule has 11 heteroatoms. The summed E-state index contributed by atoms with van der Waals surface area (Å²) in [5.74, 6) is -2.27. The van der Waals surface area contributed by atoms with Gasteiger partial charge < -0.3 is 25.2 Å². The first-order valence-electron chi connectivity index (χ1n) is 11.0. The number of aliphatic carboxylic acids is 2. The largest absolute Gasteiger partial charge is 0.479 e. The maximum Gasteiger partial charge on any atom is 0.335 e. The van der Waals surface area contributed by atoms with E-state index in [4.69, 9.17) is 25.2 Å². The molecule has 4 rings (SSSR count). The smallest absolute Gasteiger partial charge is 0.335 e. The molecule has 1 aliphatic heterocycles. The number of nitrogens with zero attached hydrogens (tertiary/aromatic N) is 3. The SMILES string of the molecule is Cn1ncc(Oc2ccc3c(c2)CCN(C2CCC2)CC3)cc1=O.O=C(O)C(O)C(O)C(=O)O. The minimum atomic E-state index is -2.27. The number of carboxylic acids is 2. The van der Waals surface area contributed by atoms with Crippen LogP contribution in [0.15, 0.2) is 35.3 Å². The summed E-state index contributed by atoms with van der Waals surface area (Å²) in [7, 11) is 1.63. The average Bonchev–Trinajstić information content (AvgIpc) is 2.97. The molecular weight excluding hydrogens is 446 g/mol. The normalized spacial score (nSPS) is 17.7. The summed E-state index contributed by atoms with van der Waals surface area (Å²) < 4.78 is 7.13. The molecule has 34 heavy (non-hydrogen) atoms. The van der Waals surface area contributed by atoms with Crippen molar-refractivity contribution in [3.05, 3.63) is 51.9 Å². The van der Waals surface area contributed by atoms with Crippen molar-refractivity contribution in [3.8, 4) is 11.5 Å². The maximum atomic E-state index is 11.7. The van der Waals surface area contributed by atoms with Crippen LogP contribution in [0.3, 0.4) is 0 Å². The molecule has 1 aromatic carbocycles. The van der Waals surface area contributed by atoms with Crippen molar-refractivity contribution in [2.45, 2.75) is 50.4 Å². The van der Waals surface area contributed by atoms with E-state index in [-0.39, 0.29) is 5.56 Å². The number of ether oxygens (including phenoxy) is 1. The van der Waals surface area contributed by atoms with Gasteiger partial charge in [0.1, 0.15) is 5.75 Å². The highest BCUT2D eigenvalue weighted by Gasteiger charge is 2.29. The summed E-state index contributed by atoms with van der Waals surface area (Å²) >= 11 is 0. The van der Waals surface area contributed by atoms with E-state index in [1.165, 1.54) is 41.1 Å². The summed E-state index contributed by atoms with van der Waals surface area (Å²) in [5, 5.41) is 36.5. The average molecular weight is 475 g/mol. The van der Waals surface area contributed by atoms with Crippen molar-refractivity contribution < 1.29 is 34.8 Å². The fourth-order valence-corrected chi connectivity index (χ4v) is 3.81. The van der Waals surface area contributed by atoms with Crippen molar-refractivity contribution in [2.75, 3.05) is 13.1 Å². The molecule has 2 aliphatic rings. The minimum Gasteiger partial charge on any atom is -0.479 e. The van der Waals surface area contributed by atoms with E-state index in [9.17, 15) is 14.4 Å². The standard InChI is InChI=1S/C19H23N3O2.C4H6O6/c1-21-19(23)12-18(13-20-21)24-17-6-5-14-7-9-22(16-3-2-4-16)10-8-15(14)11-17;5-1(3(7)8)2(6)4(9)10/h5-6,11-13,16H,2-4,7-10H2,1H3;1-2,5-6H,(H,7,8)(H,9,10). The molecule has 1 aromatic heterocycles. The Morgan fingerprint density at radius 1 is 1.00 bits per heavy atom. The molecule has 11 nitrogen and oxygen atoms in total. The fraction of sp³-hybridized carbons (Fsp3) is 0.478. The second-order valence-corrected chi connectivity index (χ2v) is 8.37. The molecule has 4 N–H and O–H groups in total. The third-order valence-corrected chi connectivity index (χ3v) is 6.09. The monoisotopic (exact) mass is 475 g/mol. The van der Waals surface area contributed by atoms with Crippen molar-refractivity contribution in [2.24, 2.45) is 7.05 Å². The Hall–Kier alpha value is -3.28. The third kappa shape index (κ3) is 6.40. The molecule has 0 amide bonds. The molecule has 184 valence electrons. The van der Waals surface area contributed by atoms with Crippen LogP contribution in [0.4, 0.5) is 0 Å². The van der Waals surface area contributed by atoms with Crippen LogP contribution in [0, 0.1) is 0 Å². The first-order chi connectivity index (χ1) is 16.2. The first-order valence-corrected chi connectivity index (χ1v) is 11.0. The van der Waals surface area contributed by atoms with Crippen LogP contribution in [-0.2, 0) is 29.5 Å². The number of benzene rings is 1. The summed E-state index contributed by atoms with van der Waals surface area (Å²) in [6.45, 7) is 2.30. The van der Waals surface area contributed by atoms with Crippen LogP contribution >= 0.6 is 0 Å². The van der Waals surface area contributed by atoms with Gasteiger partial charge in [-0.1, -0.05) is 12.5 Å². The predicted octanol–water partition coefficient (Wildman–Crippen LogP) is 0.403. The number of aromatic nitrogens is 2. The Kier molecular flexibility index (Phi) is 8.37. The lowest BCUT2D eigenvalue weighted by Gasteiger charge is -2.36. The molecule has 2 aromatic rings. The van der Waals surface area contributed by atoms with E-state index >= 15 is 0 Å². The molecule has 2 unspecified atom stereocenters. The Balaban J connectivity index is 0.000000277. The zero-order valence-electron chi connectivity index (χ0n) is 18.8. The lowest BCUT2D eigenvalue weighted by molar-refractivity contribution is -0.165. The third-order valence-electron chi connectivity index (χ3n) is 6.09. The maximum absolute atomic E-state index is 11.7. The van der Waals surface area contributed by atoms with Gasteiger partial charge in [0.15, 0.2) is 18.0 Å². The molecule has 0 radical (unpaired) electrons. The van der Waals surface area contributed by atoms with Crippen LogP contribution < -0.4 is 10.3 Å². The lowest BCUT2D eigenvalue weighted by Crippen LogP contribution is -2.41. The summed E-state index contributed by atoms with van der Waals surface area (Å²) in [4.78, 5) is 33.8. The fourth-order valence-electron chi connectivity index (χ4n) is 3.81. The first kappa shape index (κ1) is 25.3. The van der Waals surface area contributed by atoms with E-state index in [1.54, 1.807) is 13.2 Å². The van der Waals surface area contributed by atoms with E-state index in [1.807, 2.05) is 6.07 Å². The van der Waals surface area contributed by atoms with Gasteiger partial charge in [-0.2, -0.15) is 5.10 Å². The Morgan fingerprint density at radius 3 is 2.15 bits per heavy atom. The summed E-state index contributed by atoms with van der Waals surface area (Å²) in [6, 6.07) is 8.56. The molecule has 1 aliphatic carbocycles. The molecule has 0 saturated heterocycles. The van der Waals surface area contributed by atoms with Gasteiger partial charge in [0.2, 0.25) is 0 Å². The molecule has 1 saturated carbocycles. The molecule has 2 heterocycles. The van der Waals surface area contributed by atoms with Gasteiger partial charge in [0.05, 0.1) is 6.20 Å². The second kappa shape index (κ2) is 11.2. The molecular formula is C23H29N3O8. The van der Waals surface area contributed by atoms with Gasteiger partial charge >= 0.3 is 11.9 Å². The number of aliphatic hydroxyl groups excluding tert-OH is 2. The molecule has 0 bridgehead atoms.